The molecule has 2 aromatic rings. The van der Waals surface area contributed by atoms with Crippen molar-refractivity contribution in [3.8, 4) is 5.75 Å². The van der Waals surface area contributed by atoms with Crippen molar-refractivity contribution < 1.29 is 13.9 Å². The normalized spacial score (nSPS) is 11.8. The van der Waals surface area contributed by atoms with Gasteiger partial charge < -0.3 is 10.1 Å². The number of methoxy groups -OCH3 is 1. The summed E-state index contributed by atoms with van der Waals surface area (Å²) in [4.78, 5) is 11.9. The van der Waals surface area contributed by atoms with Gasteiger partial charge in [0.15, 0.2) is 0 Å². The molecule has 1 aromatic carbocycles. The molecular formula is C13H15FN4O2S. The molecule has 1 heterocycles. The smallest absolute Gasteiger partial charge is 0.321 e. The van der Waals surface area contributed by atoms with Crippen LogP contribution >= 0.6 is 11.3 Å². The van der Waals surface area contributed by atoms with Crippen LogP contribution < -0.4 is 15.4 Å². The van der Waals surface area contributed by atoms with Gasteiger partial charge in [0.2, 0.25) is 5.13 Å². The van der Waals surface area contributed by atoms with Gasteiger partial charge in [-0.1, -0.05) is 11.3 Å². The number of amides is 2. The van der Waals surface area contributed by atoms with Gasteiger partial charge in [0, 0.05) is 5.56 Å². The van der Waals surface area contributed by atoms with Crippen LogP contribution in [-0.4, -0.2) is 23.3 Å². The Hall–Kier alpha value is -2.22. The molecule has 1 aromatic heterocycles. The molecule has 0 bridgehead atoms. The molecule has 2 N–H and O–H groups in total. The van der Waals surface area contributed by atoms with Crippen molar-refractivity contribution in [1.29, 1.82) is 0 Å². The topological polar surface area (TPSA) is 76.1 Å². The summed E-state index contributed by atoms with van der Waals surface area (Å²) in [5, 5.41) is 14.0. The lowest BCUT2D eigenvalue weighted by molar-refractivity contribution is 0.249. The Kier molecular flexibility index (Phi) is 4.69. The molecule has 0 saturated heterocycles. The molecule has 2 rings (SSSR count). The van der Waals surface area contributed by atoms with Gasteiger partial charge in [-0.25, -0.2) is 9.18 Å². The summed E-state index contributed by atoms with van der Waals surface area (Å²) in [7, 11) is 1.49. The van der Waals surface area contributed by atoms with Gasteiger partial charge >= 0.3 is 6.03 Å². The number of rotatable bonds is 4. The third-order valence-electron chi connectivity index (χ3n) is 2.75. The van der Waals surface area contributed by atoms with Crippen LogP contribution in [0.2, 0.25) is 0 Å². The number of hydrogen-bond donors (Lipinski definition) is 2. The molecule has 6 nitrogen and oxygen atoms in total. The minimum absolute atomic E-state index is 0.389. The summed E-state index contributed by atoms with van der Waals surface area (Å²) in [5.74, 6) is 0.121. The monoisotopic (exact) mass is 310 g/mol. The highest BCUT2D eigenvalue weighted by Gasteiger charge is 2.15. The average molecular weight is 310 g/mol. The van der Waals surface area contributed by atoms with Crippen molar-refractivity contribution in [2.75, 3.05) is 12.4 Å². The van der Waals surface area contributed by atoms with Gasteiger partial charge in [-0.15, -0.1) is 10.2 Å². The number of ether oxygens (including phenoxy) is 1. The maximum atomic E-state index is 13.3. The third-order valence-corrected chi connectivity index (χ3v) is 3.51. The van der Waals surface area contributed by atoms with Gasteiger partial charge in [-0.2, -0.15) is 0 Å². The number of nitrogens with zero attached hydrogens (tertiary/aromatic N) is 2. The fourth-order valence-corrected chi connectivity index (χ4v) is 2.39. The predicted octanol–water partition coefficient (Wildman–Crippen LogP) is 2.88. The molecule has 2 amide bonds. The summed E-state index contributed by atoms with van der Waals surface area (Å²) in [6.45, 7) is 3.53. The lowest BCUT2D eigenvalue weighted by Gasteiger charge is -2.17. The minimum Gasteiger partial charge on any atom is -0.496 e. The van der Waals surface area contributed by atoms with Crippen LogP contribution in [0.1, 0.15) is 23.5 Å². The van der Waals surface area contributed by atoms with E-state index in [2.05, 4.69) is 20.8 Å². The van der Waals surface area contributed by atoms with Crippen LogP contribution in [-0.2, 0) is 0 Å². The number of urea groups is 1. The van der Waals surface area contributed by atoms with E-state index in [0.29, 0.717) is 16.4 Å². The maximum Gasteiger partial charge on any atom is 0.321 e. The van der Waals surface area contributed by atoms with Crippen LogP contribution in [0, 0.1) is 12.7 Å². The second kappa shape index (κ2) is 6.49. The number of aryl methyl sites for hydroxylation is 1. The highest BCUT2D eigenvalue weighted by molar-refractivity contribution is 7.15. The number of carbonyl (C=O) groups excluding carboxylic acids is 1. The second-order valence-electron chi connectivity index (χ2n) is 4.33. The van der Waals surface area contributed by atoms with Crippen LogP contribution in [0.15, 0.2) is 18.2 Å². The fourth-order valence-electron chi connectivity index (χ4n) is 1.80. The Bertz CT molecular complexity index is 647. The number of benzene rings is 1. The predicted molar refractivity (Wildman–Crippen MR) is 78.2 cm³/mol. The first-order valence-electron chi connectivity index (χ1n) is 6.20. The van der Waals surface area contributed by atoms with E-state index in [1.165, 1.54) is 36.6 Å². The summed E-state index contributed by atoms with van der Waals surface area (Å²) in [6.07, 6.45) is 0. The lowest BCUT2D eigenvalue weighted by Crippen LogP contribution is -2.31. The van der Waals surface area contributed by atoms with E-state index in [0.717, 1.165) is 5.01 Å². The SMILES string of the molecule is COc1ccc(F)cc1[C@@H](C)NC(=O)Nc1nnc(C)s1. The number of hydrogen-bond acceptors (Lipinski definition) is 5. The summed E-state index contributed by atoms with van der Waals surface area (Å²) >= 11 is 1.27. The summed E-state index contributed by atoms with van der Waals surface area (Å²) in [5.41, 5.74) is 0.557. The molecule has 0 aliphatic heterocycles. The zero-order valence-corrected chi connectivity index (χ0v) is 12.6. The van der Waals surface area contributed by atoms with E-state index in [4.69, 9.17) is 4.74 Å². The third kappa shape index (κ3) is 3.88. The quantitative estimate of drug-likeness (QED) is 0.910. The molecule has 0 aliphatic carbocycles. The van der Waals surface area contributed by atoms with E-state index in [9.17, 15) is 9.18 Å². The number of halogens is 1. The Labute approximate surface area is 125 Å². The molecule has 8 heteroatoms. The molecule has 0 spiro atoms. The van der Waals surface area contributed by atoms with Gasteiger partial charge in [0.1, 0.15) is 16.6 Å². The van der Waals surface area contributed by atoms with Crippen molar-refractivity contribution in [3.05, 3.63) is 34.6 Å². The zero-order valence-electron chi connectivity index (χ0n) is 11.8. The first kappa shape index (κ1) is 15.2. The maximum absolute atomic E-state index is 13.3. The highest BCUT2D eigenvalue weighted by atomic mass is 32.1. The zero-order chi connectivity index (χ0) is 15.4. The first-order chi connectivity index (χ1) is 9.99. The van der Waals surface area contributed by atoms with Crippen LogP contribution in [0.5, 0.6) is 5.75 Å². The van der Waals surface area contributed by atoms with Crippen molar-refractivity contribution in [2.24, 2.45) is 0 Å². The van der Waals surface area contributed by atoms with E-state index >= 15 is 0 Å². The standard InChI is InChI=1S/C13H15FN4O2S/c1-7(10-6-9(14)4-5-11(10)20-3)15-12(19)16-13-18-17-8(2)21-13/h4-7H,1-3H3,(H2,15,16,18,19)/t7-/m1/s1. The first-order valence-corrected chi connectivity index (χ1v) is 7.02. The molecule has 0 unspecified atom stereocenters. The van der Waals surface area contributed by atoms with Crippen molar-refractivity contribution in [3.63, 3.8) is 0 Å². The van der Waals surface area contributed by atoms with E-state index < -0.39 is 12.1 Å². The number of nitrogens with one attached hydrogen (secondary N) is 2. The molecule has 0 fully saturated rings. The Morgan fingerprint density at radius 1 is 1.43 bits per heavy atom. The van der Waals surface area contributed by atoms with Crippen LogP contribution in [0.4, 0.5) is 14.3 Å². The average Bonchev–Trinajstić information content (AvgIpc) is 2.83. The largest absolute Gasteiger partial charge is 0.496 e. The van der Waals surface area contributed by atoms with Crippen LogP contribution in [0.25, 0.3) is 0 Å². The number of aromatic nitrogens is 2. The minimum atomic E-state index is -0.440. The number of anilines is 1. The molecule has 0 aliphatic rings. The fraction of sp³-hybridized carbons (Fsp3) is 0.308. The van der Waals surface area contributed by atoms with Crippen molar-refractivity contribution in [2.45, 2.75) is 19.9 Å². The molecule has 0 saturated carbocycles. The molecular weight excluding hydrogens is 295 g/mol. The van der Waals surface area contributed by atoms with Crippen molar-refractivity contribution in [1.82, 2.24) is 15.5 Å². The van der Waals surface area contributed by atoms with Gasteiger partial charge in [0.25, 0.3) is 0 Å². The summed E-state index contributed by atoms with van der Waals surface area (Å²) in [6, 6.07) is 3.29. The van der Waals surface area contributed by atoms with Crippen molar-refractivity contribution >= 4 is 22.5 Å². The Morgan fingerprint density at radius 2 is 2.19 bits per heavy atom. The van der Waals surface area contributed by atoms with Gasteiger partial charge in [-0.05, 0) is 32.0 Å². The number of carbonyl (C=O) groups is 1. The molecule has 21 heavy (non-hydrogen) atoms. The lowest BCUT2D eigenvalue weighted by atomic mass is 10.1. The van der Waals surface area contributed by atoms with E-state index in [1.807, 2.05) is 0 Å². The summed E-state index contributed by atoms with van der Waals surface area (Å²) < 4.78 is 18.5. The van der Waals surface area contributed by atoms with E-state index in [-0.39, 0.29) is 5.82 Å². The van der Waals surface area contributed by atoms with Crippen LogP contribution in [0.3, 0.4) is 0 Å². The Morgan fingerprint density at radius 3 is 2.81 bits per heavy atom. The Balaban J connectivity index is 2.05. The highest BCUT2D eigenvalue weighted by Crippen LogP contribution is 2.25. The van der Waals surface area contributed by atoms with E-state index in [1.54, 1.807) is 13.8 Å². The molecule has 1 atom stereocenters. The molecule has 112 valence electrons. The molecule has 0 radical (unpaired) electrons. The van der Waals surface area contributed by atoms with Gasteiger partial charge in [-0.3, -0.25) is 5.32 Å². The second-order valence-corrected chi connectivity index (χ2v) is 5.51. The van der Waals surface area contributed by atoms with Gasteiger partial charge in [0.05, 0.1) is 13.2 Å².